The molecule has 0 aliphatic rings. The molecule has 0 saturated carbocycles. The number of rotatable bonds is 7. The lowest BCUT2D eigenvalue weighted by Crippen LogP contribution is -2.43. The molecule has 0 heterocycles. The maximum atomic E-state index is 12.0. The Labute approximate surface area is 124 Å². The van der Waals surface area contributed by atoms with E-state index in [-0.39, 0.29) is 13.0 Å². The molecule has 1 aromatic rings. The molecular formula is C15H22N2O4. The normalized spacial score (nSPS) is 11.8. The number of carbonyl (C=O) groups is 2. The van der Waals surface area contributed by atoms with Crippen LogP contribution in [-0.4, -0.2) is 34.9 Å². The van der Waals surface area contributed by atoms with Gasteiger partial charge in [-0.05, 0) is 24.0 Å². The van der Waals surface area contributed by atoms with Gasteiger partial charge in [0.15, 0.2) is 0 Å². The van der Waals surface area contributed by atoms with Gasteiger partial charge in [-0.2, -0.15) is 0 Å². The van der Waals surface area contributed by atoms with E-state index in [4.69, 9.17) is 10.2 Å². The van der Waals surface area contributed by atoms with E-state index in [1.165, 1.54) is 0 Å². The minimum atomic E-state index is -1.17. The van der Waals surface area contributed by atoms with Crippen molar-refractivity contribution >= 4 is 17.7 Å². The van der Waals surface area contributed by atoms with Crippen molar-refractivity contribution in [3.05, 3.63) is 29.3 Å². The number of carboxylic acid groups (broad SMARTS) is 1. The number of nitrogens with one attached hydrogen (secondary N) is 2. The van der Waals surface area contributed by atoms with Crippen LogP contribution < -0.4 is 10.6 Å². The van der Waals surface area contributed by atoms with E-state index in [1.54, 1.807) is 0 Å². The zero-order valence-electron chi connectivity index (χ0n) is 12.3. The lowest BCUT2D eigenvalue weighted by atomic mass is 10.0. The number of carbonyl (C=O) groups excluding carboxylic acids is 1. The molecule has 1 atom stereocenters. The van der Waals surface area contributed by atoms with Gasteiger partial charge < -0.3 is 20.8 Å². The summed E-state index contributed by atoms with van der Waals surface area (Å²) in [4.78, 5) is 22.9. The SMILES string of the molecule is CCc1cccc(CC)c1NC(=O)N[C@@H](CCO)C(=O)O. The maximum absolute atomic E-state index is 12.0. The van der Waals surface area contributed by atoms with Crippen LogP contribution in [0.4, 0.5) is 10.5 Å². The van der Waals surface area contributed by atoms with Crippen LogP contribution in [0.1, 0.15) is 31.4 Å². The van der Waals surface area contributed by atoms with Gasteiger partial charge in [0.1, 0.15) is 6.04 Å². The number of para-hydroxylation sites is 1. The second-order valence-electron chi connectivity index (χ2n) is 4.66. The quantitative estimate of drug-likeness (QED) is 0.616. The highest BCUT2D eigenvalue weighted by Gasteiger charge is 2.20. The summed E-state index contributed by atoms with van der Waals surface area (Å²) in [5.41, 5.74) is 2.73. The molecule has 6 nitrogen and oxygen atoms in total. The second kappa shape index (κ2) is 8.26. The summed E-state index contributed by atoms with van der Waals surface area (Å²) < 4.78 is 0. The largest absolute Gasteiger partial charge is 0.480 e. The van der Waals surface area contributed by atoms with Crippen LogP contribution in [0.25, 0.3) is 0 Å². The number of hydrogen-bond acceptors (Lipinski definition) is 3. The number of urea groups is 1. The van der Waals surface area contributed by atoms with Gasteiger partial charge in [0, 0.05) is 18.7 Å². The highest BCUT2D eigenvalue weighted by molar-refractivity contribution is 5.93. The number of aliphatic hydroxyl groups is 1. The number of hydrogen-bond donors (Lipinski definition) is 4. The first-order valence-corrected chi connectivity index (χ1v) is 7.05. The van der Waals surface area contributed by atoms with Gasteiger partial charge >= 0.3 is 12.0 Å². The van der Waals surface area contributed by atoms with E-state index in [1.807, 2.05) is 32.0 Å². The Morgan fingerprint density at radius 2 is 1.76 bits per heavy atom. The van der Waals surface area contributed by atoms with Crippen LogP contribution in [0.2, 0.25) is 0 Å². The van der Waals surface area contributed by atoms with Crippen molar-refractivity contribution in [2.45, 2.75) is 39.2 Å². The van der Waals surface area contributed by atoms with Gasteiger partial charge in [-0.3, -0.25) is 0 Å². The third-order valence-electron chi connectivity index (χ3n) is 3.26. The molecule has 1 aromatic carbocycles. The Morgan fingerprint density at radius 3 is 2.19 bits per heavy atom. The number of aryl methyl sites for hydroxylation is 2. The molecule has 0 aliphatic carbocycles. The minimum absolute atomic E-state index is 0.0290. The standard InChI is InChI=1S/C15H22N2O4/c1-3-10-6-5-7-11(4-2)13(10)17-15(21)16-12(8-9-18)14(19)20/h5-7,12,18H,3-4,8-9H2,1-2H3,(H,19,20)(H2,16,17,21)/t12-/m0/s1. The summed E-state index contributed by atoms with van der Waals surface area (Å²) in [6, 6.07) is 4.11. The summed E-state index contributed by atoms with van der Waals surface area (Å²) in [6.45, 7) is 3.68. The molecule has 2 amide bonds. The van der Waals surface area contributed by atoms with Crippen molar-refractivity contribution in [1.82, 2.24) is 5.32 Å². The molecule has 0 saturated heterocycles. The van der Waals surface area contributed by atoms with Crippen LogP contribution >= 0.6 is 0 Å². The highest BCUT2D eigenvalue weighted by atomic mass is 16.4. The smallest absolute Gasteiger partial charge is 0.326 e. The Bertz CT molecular complexity index is 480. The zero-order valence-corrected chi connectivity index (χ0v) is 12.3. The molecule has 0 spiro atoms. The Balaban J connectivity index is 2.85. The number of aliphatic hydroxyl groups excluding tert-OH is 1. The first kappa shape index (κ1) is 17.0. The van der Waals surface area contributed by atoms with Crippen LogP contribution in [0.15, 0.2) is 18.2 Å². The fourth-order valence-corrected chi connectivity index (χ4v) is 2.10. The maximum Gasteiger partial charge on any atom is 0.326 e. The number of benzene rings is 1. The molecule has 0 bridgehead atoms. The van der Waals surface area contributed by atoms with Gasteiger partial charge in [-0.25, -0.2) is 9.59 Å². The molecule has 0 unspecified atom stereocenters. The topological polar surface area (TPSA) is 98.7 Å². The average molecular weight is 294 g/mol. The Hall–Kier alpha value is -2.08. The number of carboxylic acids is 1. The molecule has 4 N–H and O–H groups in total. The van der Waals surface area contributed by atoms with Gasteiger partial charge in [0.25, 0.3) is 0 Å². The summed E-state index contributed by atoms with van der Waals surface area (Å²) >= 11 is 0. The van der Waals surface area contributed by atoms with E-state index in [0.717, 1.165) is 29.7 Å². The molecular weight excluding hydrogens is 272 g/mol. The summed E-state index contributed by atoms with van der Waals surface area (Å²) in [5, 5.41) is 22.9. The molecule has 0 fully saturated rings. The van der Waals surface area contributed by atoms with Crippen LogP contribution in [0, 0.1) is 0 Å². The van der Waals surface area contributed by atoms with Gasteiger partial charge in [0.2, 0.25) is 0 Å². The van der Waals surface area contributed by atoms with E-state index in [0.29, 0.717) is 0 Å². The third-order valence-corrected chi connectivity index (χ3v) is 3.26. The zero-order chi connectivity index (χ0) is 15.8. The molecule has 0 radical (unpaired) electrons. The van der Waals surface area contributed by atoms with Crippen molar-refractivity contribution < 1.29 is 19.8 Å². The van der Waals surface area contributed by atoms with E-state index in [9.17, 15) is 9.59 Å². The van der Waals surface area contributed by atoms with E-state index < -0.39 is 18.0 Å². The average Bonchev–Trinajstić information content (AvgIpc) is 2.46. The Kier molecular flexibility index (Phi) is 6.68. The highest BCUT2D eigenvalue weighted by Crippen LogP contribution is 2.22. The van der Waals surface area contributed by atoms with Gasteiger partial charge in [-0.1, -0.05) is 32.0 Å². The second-order valence-corrected chi connectivity index (χ2v) is 4.66. The van der Waals surface area contributed by atoms with Gasteiger partial charge in [-0.15, -0.1) is 0 Å². The fourth-order valence-electron chi connectivity index (χ4n) is 2.10. The van der Waals surface area contributed by atoms with Gasteiger partial charge in [0.05, 0.1) is 0 Å². The molecule has 0 aliphatic heterocycles. The molecule has 6 heteroatoms. The van der Waals surface area contributed by atoms with Crippen LogP contribution in [-0.2, 0) is 17.6 Å². The number of aliphatic carboxylic acids is 1. The van der Waals surface area contributed by atoms with Crippen LogP contribution in [0.5, 0.6) is 0 Å². The molecule has 0 aromatic heterocycles. The molecule has 21 heavy (non-hydrogen) atoms. The number of anilines is 1. The minimum Gasteiger partial charge on any atom is -0.480 e. The van der Waals surface area contributed by atoms with Crippen molar-refractivity contribution in [3.63, 3.8) is 0 Å². The monoisotopic (exact) mass is 294 g/mol. The number of amides is 2. The predicted molar refractivity (Wildman–Crippen MR) is 80.5 cm³/mol. The van der Waals surface area contributed by atoms with Crippen molar-refractivity contribution in [3.8, 4) is 0 Å². The fraction of sp³-hybridized carbons (Fsp3) is 0.467. The lowest BCUT2D eigenvalue weighted by Gasteiger charge is -2.17. The predicted octanol–water partition coefficient (Wildman–Crippen LogP) is 1.77. The van der Waals surface area contributed by atoms with Crippen molar-refractivity contribution in [2.24, 2.45) is 0 Å². The van der Waals surface area contributed by atoms with E-state index in [2.05, 4.69) is 10.6 Å². The first-order chi connectivity index (χ1) is 10.0. The summed E-state index contributed by atoms with van der Waals surface area (Å²) in [6.07, 6.45) is 1.50. The lowest BCUT2D eigenvalue weighted by molar-refractivity contribution is -0.139. The first-order valence-electron chi connectivity index (χ1n) is 7.05. The molecule has 116 valence electrons. The Morgan fingerprint density at radius 1 is 1.19 bits per heavy atom. The van der Waals surface area contributed by atoms with Crippen LogP contribution in [0.3, 0.4) is 0 Å². The summed E-state index contributed by atoms with van der Waals surface area (Å²) in [7, 11) is 0. The van der Waals surface area contributed by atoms with Crippen molar-refractivity contribution in [2.75, 3.05) is 11.9 Å². The summed E-state index contributed by atoms with van der Waals surface area (Å²) in [5.74, 6) is -1.17. The molecule has 1 rings (SSSR count). The van der Waals surface area contributed by atoms with Crippen molar-refractivity contribution in [1.29, 1.82) is 0 Å². The van der Waals surface area contributed by atoms with E-state index >= 15 is 0 Å². The third kappa shape index (κ3) is 4.75.